The van der Waals surface area contributed by atoms with Crippen molar-refractivity contribution in [2.24, 2.45) is 0 Å². The Morgan fingerprint density at radius 3 is 2.04 bits per heavy atom. The molecule has 1 aromatic heterocycles. The SMILES string of the molecule is Cc1cc(-c2ccc(-c3csc4ccccc34)cc2)cc(C)c1B(O)O. The predicted octanol–water partition coefficient (Wildman–Crippen LogP) is 4.53. The molecule has 0 aliphatic heterocycles. The third kappa shape index (κ3) is 2.97. The molecule has 0 atom stereocenters. The van der Waals surface area contributed by atoms with E-state index < -0.39 is 7.12 Å². The van der Waals surface area contributed by atoms with Gasteiger partial charge in [0.1, 0.15) is 0 Å². The normalized spacial score (nSPS) is 11.1. The molecule has 0 unspecified atom stereocenters. The van der Waals surface area contributed by atoms with Gasteiger partial charge in [-0.2, -0.15) is 0 Å². The molecule has 1 heterocycles. The van der Waals surface area contributed by atoms with E-state index in [9.17, 15) is 10.0 Å². The van der Waals surface area contributed by atoms with Gasteiger partial charge in [0.2, 0.25) is 0 Å². The van der Waals surface area contributed by atoms with E-state index in [1.807, 2.05) is 26.0 Å². The Hall–Kier alpha value is -2.40. The van der Waals surface area contributed by atoms with Crippen LogP contribution in [0.2, 0.25) is 0 Å². The lowest BCUT2D eigenvalue weighted by Crippen LogP contribution is -2.34. The molecule has 4 rings (SSSR count). The van der Waals surface area contributed by atoms with Gasteiger partial charge in [-0.3, -0.25) is 0 Å². The number of benzene rings is 3. The Kier molecular flexibility index (Phi) is 4.41. The van der Waals surface area contributed by atoms with Crippen LogP contribution in [0.15, 0.2) is 66.0 Å². The van der Waals surface area contributed by atoms with Gasteiger partial charge in [0.05, 0.1) is 0 Å². The first-order chi connectivity index (χ1) is 12.5. The third-order valence-electron chi connectivity index (χ3n) is 4.86. The molecule has 0 bridgehead atoms. The molecule has 0 aliphatic rings. The Balaban J connectivity index is 1.73. The molecule has 0 radical (unpaired) electrons. The minimum Gasteiger partial charge on any atom is -0.423 e. The second kappa shape index (κ2) is 6.73. The summed E-state index contributed by atoms with van der Waals surface area (Å²) in [6.45, 7) is 3.83. The standard InChI is InChI=1S/C22H19BO2S/c1-14-11-18(12-15(2)22(14)23(24)25)16-7-9-17(10-8-16)20-13-26-21-6-4-3-5-19(20)21/h3-13,24-25H,1-2H3. The molecule has 4 heteroatoms. The molecule has 0 saturated carbocycles. The highest BCUT2D eigenvalue weighted by molar-refractivity contribution is 7.17. The molecule has 0 fully saturated rings. The molecule has 2 nitrogen and oxygen atoms in total. The highest BCUT2D eigenvalue weighted by Gasteiger charge is 2.17. The minimum atomic E-state index is -1.43. The molecule has 0 aliphatic carbocycles. The molecular formula is C22H19BO2S. The summed E-state index contributed by atoms with van der Waals surface area (Å²) in [6, 6.07) is 21.1. The molecule has 2 N–H and O–H groups in total. The summed E-state index contributed by atoms with van der Waals surface area (Å²) in [7, 11) is -1.43. The zero-order chi connectivity index (χ0) is 18.3. The van der Waals surface area contributed by atoms with E-state index in [0.717, 1.165) is 22.3 Å². The number of rotatable bonds is 3. The average Bonchev–Trinajstić information content (AvgIpc) is 3.05. The molecule has 4 aromatic rings. The first-order valence-corrected chi connectivity index (χ1v) is 9.47. The van der Waals surface area contributed by atoms with Crippen molar-refractivity contribution < 1.29 is 10.0 Å². The maximum Gasteiger partial charge on any atom is 0.488 e. The lowest BCUT2D eigenvalue weighted by atomic mass is 9.73. The second-order valence-corrected chi connectivity index (χ2v) is 7.53. The van der Waals surface area contributed by atoms with Crippen LogP contribution in [0.3, 0.4) is 0 Å². The summed E-state index contributed by atoms with van der Waals surface area (Å²) >= 11 is 1.77. The summed E-state index contributed by atoms with van der Waals surface area (Å²) in [5.41, 5.74) is 7.07. The van der Waals surface area contributed by atoms with E-state index in [1.165, 1.54) is 21.2 Å². The van der Waals surface area contributed by atoms with Crippen molar-refractivity contribution in [3.05, 3.63) is 77.2 Å². The van der Waals surface area contributed by atoms with Crippen LogP contribution in [0, 0.1) is 13.8 Å². The fourth-order valence-electron chi connectivity index (χ4n) is 3.59. The lowest BCUT2D eigenvalue weighted by Gasteiger charge is -2.12. The highest BCUT2D eigenvalue weighted by atomic mass is 32.1. The van der Waals surface area contributed by atoms with Crippen molar-refractivity contribution in [1.29, 1.82) is 0 Å². The molecule has 0 saturated heterocycles. The topological polar surface area (TPSA) is 40.5 Å². The molecule has 26 heavy (non-hydrogen) atoms. The van der Waals surface area contributed by atoms with Crippen molar-refractivity contribution in [3.8, 4) is 22.3 Å². The second-order valence-electron chi connectivity index (χ2n) is 6.62. The zero-order valence-electron chi connectivity index (χ0n) is 14.7. The van der Waals surface area contributed by atoms with E-state index >= 15 is 0 Å². The first-order valence-electron chi connectivity index (χ1n) is 8.59. The van der Waals surface area contributed by atoms with Gasteiger partial charge in [-0.15, -0.1) is 11.3 Å². The molecule has 128 valence electrons. The van der Waals surface area contributed by atoms with Gasteiger partial charge in [0.15, 0.2) is 0 Å². The van der Waals surface area contributed by atoms with Gasteiger partial charge in [0, 0.05) is 15.6 Å². The van der Waals surface area contributed by atoms with E-state index in [1.54, 1.807) is 11.3 Å². The van der Waals surface area contributed by atoms with Crippen LogP contribution in [-0.2, 0) is 0 Å². The van der Waals surface area contributed by atoms with Crippen LogP contribution in [0.5, 0.6) is 0 Å². The van der Waals surface area contributed by atoms with Gasteiger partial charge in [-0.1, -0.05) is 65.7 Å². The summed E-state index contributed by atoms with van der Waals surface area (Å²) in [4.78, 5) is 0. The Morgan fingerprint density at radius 2 is 1.38 bits per heavy atom. The average molecular weight is 358 g/mol. The van der Waals surface area contributed by atoms with Gasteiger partial charge >= 0.3 is 7.12 Å². The third-order valence-corrected chi connectivity index (χ3v) is 5.83. The lowest BCUT2D eigenvalue weighted by molar-refractivity contribution is 0.425. The van der Waals surface area contributed by atoms with Crippen molar-refractivity contribution >= 4 is 34.0 Å². The maximum atomic E-state index is 9.53. The fourth-order valence-corrected chi connectivity index (χ4v) is 4.56. The number of aryl methyl sites for hydroxylation is 2. The maximum absolute atomic E-state index is 9.53. The van der Waals surface area contributed by atoms with Crippen molar-refractivity contribution in [2.75, 3.05) is 0 Å². The largest absolute Gasteiger partial charge is 0.488 e. The smallest absolute Gasteiger partial charge is 0.423 e. The van der Waals surface area contributed by atoms with E-state index in [-0.39, 0.29) is 0 Å². The van der Waals surface area contributed by atoms with Crippen molar-refractivity contribution in [2.45, 2.75) is 13.8 Å². The van der Waals surface area contributed by atoms with Crippen LogP contribution in [0.1, 0.15) is 11.1 Å². The number of hydrogen-bond acceptors (Lipinski definition) is 3. The fraction of sp³-hybridized carbons (Fsp3) is 0.0909. The highest BCUT2D eigenvalue weighted by Crippen LogP contribution is 2.34. The van der Waals surface area contributed by atoms with Crippen LogP contribution in [0.25, 0.3) is 32.3 Å². The predicted molar refractivity (Wildman–Crippen MR) is 112 cm³/mol. The van der Waals surface area contributed by atoms with Crippen LogP contribution >= 0.6 is 11.3 Å². The van der Waals surface area contributed by atoms with Gasteiger partial charge in [-0.25, -0.2) is 0 Å². The van der Waals surface area contributed by atoms with Gasteiger partial charge in [0.25, 0.3) is 0 Å². The summed E-state index contributed by atoms with van der Waals surface area (Å²) < 4.78 is 1.30. The number of thiophene rings is 1. The van der Waals surface area contributed by atoms with Crippen LogP contribution < -0.4 is 5.46 Å². The van der Waals surface area contributed by atoms with E-state index in [2.05, 4.69) is 53.9 Å². The summed E-state index contributed by atoms with van der Waals surface area (Å²) in [5, 5.41) is 22.6. The van der Waals surface area contributed by atoms with E-state index in [0.29, 0.717) is 5.46 Å². The van der Waals surface area contributed by atoms with Crippen molar-refractivity contribution in [3.63, 3.8) is 0 Å². The van der Waals surface area contributed by atoms with E-state index in [4.69, 9.17) is 0 Å². The minimum absolute atomic E-state index is 0.593. The van der Waals surface area contributed by atoms with Crippen LogP contribution in [-0.4, -0.2) is 17.2 Å². The monoisotopic (exact) mass is 358 g/mol. The Bertz CT molecular complexity index is 1060. The molecule has 0 spiro atoms. The Morgan fingerprint density at radius 1 is 0.769 bits per heavy atom. The van der Waals surface area contributed by atoms with Crippen molar-refractivity contribution in [1.82, 2.24) is 0 Å². The molecule has 3 aromatic carbocycles. The van der Waals surface area contributed by atoms with Gasteiger partial charge in [-0.05, 0) is 47.4 Å². The first kappa shape index (κ1) is 17.0. The summed E-state index contributed by atoms with van der Waals surface area (Å²) in [5.74, 6) is 0. The number of fused-ring (bicyclic) bond motifs is 1. The molecular weight excluding hydrogens is 339 g/mol. The summed E-state index contributed by atoms with van der Waals surface area (Å²) in [6.07, 6.45) is 0. The van der Waals surface area contributed by atoms with Crippen LogP contribution in [0.4, 0.5) is 0 Å². The number of hydrogen-bond donors (Lipinski definition) is 2. The van der Waals surface area contributed by atoms with Gasteiger partial charge < -0.3 is 10.0 Å². The zero-order valence-corrected chi connectivity index (χ0v) is 15.5. The molecule has 0 amide bonds. The Labute approximate surface area is 157 Å². The quantitative estimate of drug-likeness (QED) is 0.528.